The van der Waals surface area contributed by atoms with Crippen LogP contribution in [0.2, 0.25) is 0 Å². The molecule has 0 aliphatic carbocycles. The molecule has 0 bridgehead atoms. The molecule has 30 heavy (non-hydrogen) atoms. The first-order valence-electron chi connectivity index (χ1n) is 10.4. The van der Waals surface area contributed by atoms with E-state index in [0.717, 1.165) is 36.2 Å². The number of carbonyl (C=O) groups excluding carboxylic acids is 1. The Labute approximate surface area is 176 Å². The molecule has 158 valence electrons. The third-order valence-electron chi connectivity index (χ3n) is 5.58. The predicted molar refractivity (Wildman–Crippen MR) is 115 cm³/mol. The van der Waals surface area contributed by atoms with Gasteiger partial charge in [0, 0.05) is 39.1 Å². The van der Waals surface area contributed by atoms with Crippen LogP contribution in [0.25, 0.3) is 11.0 Å². The quantitative estimate of drug-likeness (QED) is 0.647. The standard InChI is InChI=1S/C22H28N6O2/c1-16(20-26-18-8-3-4-9-19(18)28(20)13-14-30-2)25-21(29)17-7-5-12-27(15-17)22-23-10-6-11-24-22/h3-4,6,8-11,16-17H,5,7,12-15H2,1-2H3,(H,25,29)/t16-,17+/m1/s1. The molecular formula is C22H28N6O2. The Kier molecular flexibility index (Phi) is 6.23. The highest BCUT2D eigenvalue weighted by Gasteiger charge is 2.29. The van der Waals surface area contributed by atoms with Gasteiger partial charge in [0.05, 0.1) is 29.6 Å². The molecule has 2 aromatic heterocycles. The number of anilines is 1. The van der Waals surface area contributed by atoms with Crippen molar-refractivity contribution in [2.24, 2.45) is 5.92 Å². The van der Waals surface area contributed by atoms with Gasteiger partial charge in [-0.15, -0.1) is 0 Å². The summed E-state index contributed by atoms with van der Waals surface area (Å²) in [7, 11) is 1.69. The van der Waals surface area contributed by atoms with Crippen LogP contribution in [0.5, 0.6) is 0 Å². The molecule has 8 heteroatoms. The monoisotopic (exact) mass is 408 g/mol. The van der Waals surface area contributed by atoms with Crippen LogP contribution in [0, 0.1) is 5.92 Å². The van der Waals surface area contributed by atoms with Crippen LogP contribution in [-0.2, 0) is 16.1 Å². The maximum absolute atomic E-state index is 13.1. The second-order valence-electron chi connectivity index (χ2n) is 7.67. The summed E-state index contributed by atoms with van der Waals surface area (Å²) in [6.07, 6.45) is 5.27. The van der Waals surface area contributed by atoms with E-state index >= 15 is 0 Å². The first-order chi connectivity index (χ1) is 14.7. The lowest BCUT2D eigenvalue weighted by atomic mass is 9.97. The highest BCUT2D eigenvalue weighted by Crippen LogP contribution is 2.23. The summed E-state index contributed by atoms with van der Waals surface area (Å²) in [5.74, 6) is 1.49. The van der Waals surface area contributed by atoms with Crippen molar-refractivity contribution in [3.63, 3.8) is 0 Å². The zero-order valence-electron chi connectivity index (χ0n) is 17.5. The average Bonchev–Trinajstić information content (AvgIpc) is 3.17. The molecule has 3 heterocycles. The molecule has 1 N–H and O–H groups in total. The highest BCUT2D eigenvalue weighted by molar-refractivity contribution is 5.80. The van der Waals surface area contributed by atoms with Crippen molar-refractivity contribution in [1.29, 1.82) is 0 Å². The SMILES string of the molecule is COCCn1c([C@@H](C)NC(=O)[C@H]2CCCN(c3ncccn3)C2)nc2ccccc21. The summed E-state index contributed by atoms with van der Waals surface area (Å²) >= 11 is 0. The van der Waals surface area contributed by atoms with E-state index in [4.69, 9.17) is 9.72 Å². The van der Waals surface area contributed by atoms with Gasteiger partial charge in [-0.1, -0.05) is 12.1 Å². The lowest BCUT2D eigenvalue weighted by Crippen LogP contribution is -2.44. The van der Waals surface area contributed by atoms with E-state index in [2.05, 4.69) is 30.8 Å². The van der Waals surface area contributed by atoms with Crippen molar-refractivity contribution in [1.82, 2.24) is 24.8 Å². The van der Waals surface area contributed by atoms with Crippen molar-refractivity contribution in [3.05, 3.63) is 48.5 Å². The summed E-state index contributed by atoms with van der Waals surface area (Å²) in [6.45, 7) is 4.76. The predicted octanol–water partition coefficient (Wildman–Crippen LogP) is 2.57. The number of hydrogen-bond donors (Lipinski definition) is 1. The van der Waals surface area contributed by atoms with Gasteiger partial charge >= 0.3 is 0 Å². The number of nitrogens with one attached hydrogen (secondary N) is 1. The van der Waals surface area contributed by atoms with E-state index in [1.165, 1.54) is 0 Å². The van der Waals surface area contributed by atoms with E-state index < -0.39 is 0 Å². The summed E-state index contributed by atoms with van der Waals surface area (Å²) in [4.78, 5) is 28.6. The van der Waals surface area contributed by atoms with E-state index in [0.29, 0.717) is 25.6 Å². The minimum Gasteiger partial charge on any atom is -0.383 e. The number of ether oxygens (including phenoxy) is 1. The van der Waals surface area contributed by atoms with Crippen LogP contribution < -0.4 is 10.2 Å². The smallest absolute Gasteiger partial charge is 0.225 e. The molecule has 1 saturated heterocycles. The fraction of sp³-hybridized carbons (Fsp3) is 0.455. The minimum absolute atomic E-state index is 0.0495. The van der Waals surface area contributed by atoms with Gasteiger partial charge in [-0.05, 0) is 38.0 Å². The van der Waals surface area contributed by atoms with Crippen LogP contribution in [-0.4, -0.2) is 52.2 Å². The summed E-state index contributed by atoms with van der Waals surface area (Å²) in [5.41, 5.74) is 1.98. The fourth-order valence-electron chi connectivity index (χ4n) is 4.07. The van der Waals surface area contributed by atoms with Crippen LogP contribution in [0.3, 0.4) is 0 Å². The molecule has 8 nitrogen and oxygen atoms in total. The second kappa shape index (κ2) is 9.21. The van der Waals surface area contributed by atoms with Crippen LogP contribution in [0.15, 0.2) is 42.7 Å². The van der Waals surface area contributed by atoms with E-state index in [-0.39, 0.29) is 17.9 Å². The molecule has 2 atom stereocenters. The first-order valence-corrected chi connectivity index (χ1v) is 10.4. The van der Waals surface area contributed by atoms with Gasteiger partial charge in [-0.25, -0.2) is 15.0 Å². The zero-order valence-corrected chi connectivity index (χ0v) is 17.5. The Morgan fingerprint density at radius 3 is 2.87 bits per heavy atom. The maximum Gasteiger partial charge on any atom is 0.225 e. The lowest BCUT2D eigenvalue weighted by Gasteiger charge is -2.32. The number of piperidine rings is 1. The minimum atomic E-state index is -0.204. The zero-order chi connectivity index (χ0) is 20.9. The molecule has 0 saturated carbocycles. The molecule has 1 aliphatic rings. The van der Waals surface area contributed by atoms with Crippen LogP contribution in [0.1, 0.15) is 31.6 Å². The number of nitrogens with zero attached hydrogens (tertiary/aromatic N) is 5. The van der Waals surface area contributed by atoms with Gasteiger partial charge in [0.1, 0.15) is 5.82 Å². The molecule has 3 aromatic rings. The Balaban J connectivity index is 1.48. The second-order valence-corrected chi connectivity index (χ2v) is 7.67. The number of para-hydroxylation sites is 2. The molecule has 1 aliphatic heterocycles. The number of imidazole rings is 1. The molecule has 1 amide bonds. The molecule has 0 unspecified atom stereocenters. The third-order valence-corrected chi connectivity index (χ3v) is 5.58. The van der Waals surface area contributed by atoms with Gasteiger partial charge in [0.15, 0.2) is 0 Å². The highest BCUT2D eigenvalue weighted by atomic mass is 16.5. The van der Waals surface area contributed by atoms with Crippen LogP contribution >= 0.6 is 0 Å². The summed E-state index contributed by atoms with van der Waals surface area (Å²) < 4.78 is 7.41. The number of aromatic nitrogens is 4. The Morgan fingerprint density at radius 1 is 1.27 bits per heavy atom. The number of carbonyl (C=O) groups is 1. The Bertz CT molecular complexity index is 990. The fourth-order valence-corrected chi connectivity index (χ4v) is 4.07. The van der Waals surface area contributed by atoms with Crippen molar-refractivity contribution in [3.8, 4) is 0 Å². The van der Waals surface area contributed by atoms with Gasteiger partial charge < -0.3 is 19.5 Å². The molecule has 1 aromatic carbocycles. The van der Waals surface area contributed by atoms with E-state index in [1.54, 1.807) is 25.6 Å². The molecule has 1 fully saturated rings. The number of rotatable bonds is 7. The Morgan fingerprint density at radius 2 is 2.07 bits per heavy atom. The number of fused-ring (bicyclic) bond motifs is 1. The molecule has 0 radical (unpaired) electrons. The third kappa shape index (κ3) is 4.28. The van der Waals surface area contributed by atoms with Crippen molar-refractivity contribution < 1.29 is 9.53 Å². The number of benzene rings is 1. The van der Waals surface area contributed by atoms with E-state index in [1.807, 2.05) is 25.1 Å². The van der Waals surface area contributed by atoms with Crippen molar-refractivity contribution in [2.45, 2.75) is 32.4 Å². The van der Waals surface area contributed by atoms with Gasteiger partial charge in [-0.3, -0.25) is 4.79 Å². The van der Waals surface area contributed by atoms with Gasteiger partial charge in [0.25, 0.3) is 0 Å². The molecule has 0 spiro atoms. The Hall–Kier alpha value is -3.00. The first kappa shape index (κ1) is 20.3. The van der Waals surface area contributed by atoms with Gasteiger partial charge in [0.2, 0.25) is 11.9 Å². The lowest BCUT2D eigenvalue weighted by molar-refractivity contribution is -0.126. The number of amides is 1. The summed E-state index contributed by atoms with van der Waals surface area (Å²) in [5, 5.41) is 3.19. The maximum atomic E-state index is 13.1. The normalized spacial score (nSPS) is 17.8. The van der Waals surface area contributed by atoms with Crippen LogP contribution in [0.4, 0.5) is 5.95 Å². The molecule has 4 rings (SSSR count). The van der Waals surface area contributed by atoms with Crippen molar-refractivity contribution in [2.75, 3.05) is 31.7 Å². The number of hydrogen-bond acceptors (Lipinski definition) is 6. The summed E-state index contributed by atoms with van der Waals surface area (Å²) in [6, 6.07) is 9.62. The largest absolute Gasteiger partial charge is 0.383 e. The topological polar surface area (TPSA) is 85.2 Å². The van der Waals surface area contributed by atoms with Gasteiger partial charge in [-0.2, -0.15) is 0 Å². The molecular weight excluding hydrogens is 380 g/mol. The number of methoxy groups -OCH3 is 1. The average molecular weight is 409 g/mol. The van der Waals surface area contributed by atoms with E-state index in [9.17, 15) is 4.79 Å². The van der Waals surface area contributed by atoms with Crippen molar-refractivity contribution >= 4 is 22.9 Å².